The first-order valence-corrected chi connectivity index (χ1v) is 8.16. The molecule has 21 heavy (non-hydrogen) atoms. The predicted molar refractivity (Wildman–Crippen MR) is 86.9 cm³/mol. The van der Waals surface area contributed by atoms with Crippen LogP contribution in [0.25, 0.3) is 10.8 Å². The Morgan fingerprint density at radius 2 is 2.05 bits per heavy atom. The molecule has 2 aromatic rings. The summed E-state index contributed by atoms with van der Waals surface area (Å²) in [4.78, 5) is 0. The van der Waals surface area contributed by atoms with Crippen LogP contribution in [0.1, 0.15) is 50.7 Å². The second-order valence-corrected chi connectivity index (χ2v) is 5.76. The van der Waals surface area contributed by atoms with Crippen molar-refractivity contribution in [2.24, 2.45) is 0 Å². The molecule has 1 heterocycles. The Morgan fingerprint density at radius 3 is 2.86 bits per heavy atom. The highest BCUT2D eigenvalue weighted by Gasteiger charge is 2.22. The third kappa shape index (κ3) is 3.21. The molecular formula is C19H24O2. The van der Waals surface area contributed by atoms with Gasteiger partial charge in [-0.1, -0.05) is 43.7 Å². The number of ether oxygens (including phenoxy) is 2. The fourth-order valence-corrected chi connectivity index (χ4v) is 3.03. The standard InChI is InChI=1S/C19H24O2/c1-2-3-13-20-18-12-11-15-8-4-5-9-16(15)19(18)17-10-6-7-14-21-17/h4-5,8-9,11-12,17H,2-3,6-7,10,13-14H2,1H3. The summed E-state index contributed by atoms with van der Waals surface area (Å²) in [5.41, 5.74) is 1.25. The van der Waals surface area contributed by atoms with Gasteiger partial charge in [-0.05, 0) is 42.5 Å². The molecule has 0 radical (unpaired) electrons. The van der Waals surface area contributed by atoms with Crippen LogP contribution in [0.2, 0.25) is 0 Å². The van der Waals surface area contributed by atoms with Crippen LogP contribution >= 0.6 is 0 Å². The second-order valence-electron chi connectivity index (χ2n) is 5.76. The maximum absolute atomic E-state index is 6.06. The molecule has 3 rings (SSSR count). The van der Waals surface area contributed by atoms with Crippen molar-refractivity contribution in [1.29, 1.82) is 0 Å². The number of fused-ring (bicyclic) bond motifs is 1. The highest BCUT2D eigenvalue weighted by molar-refractivity contribution is 5.88. The molecule has 112 valence electrons. The Balaban J connectivity index is 1.99. The Labute approximate surface area is 127 Å². The summed E-state index contributed by atoms with van der Waals surface area (Å²) in [6.07, 6.45) is 5.94. The van der Waals surface area contributed by atoms with E-state index in [4.69, 9.17) is 9.47 Å². The van der Waals surface area contributed by atoms with Gasteiger partial charge in [-0.25, -0.2) is 0 Å². The zero-order valence-corrected chi connectivity index (χ0v) is 12.8. The van der Waals surface area contributed by atoms with Crippen molar-refractivity contribution in [3.8, 4) is 5.75 Å². The molecule has 2 nitrogen and oxygen atoms in total. The maximum atomic E-state index is 6.06. The van der Waals surface area contributed by atoms with Crippen molar-refractivity contribution in [3.63, 3.8) is 0 Å². The number of rotatable bonds is 5. The molecule has 1 aliphatic heterocycles. The lowest BCUT2D eigenvalue weighted by Crippen LogP contribution is -2.13. The van der Waals surface area contributed by atoms with Gasteiger partial charge < -0.3 is 9.47 Å². The molecule has 2 aromatic carbocycles. The van der Waals surface area contributed by atoms with Gasteiger partial charge in [0.1, 0.15) is 5.75 Å². The summed E-state index contributed by atoms with van der Waals surface area (Å²) in [6, 6.07) is 12.8. The molecule has 0 N–H and O–H groups in total. The van der Waals surface area contributed by atoms with E-state index in [0.29, 0.717) is 0 Å². The molecule has 0 spiro atoms. The minimum atomic E-state index is 0.182. The van der Waals surface area contributed by atoms with Crippen LogP contribution in [0.5, 0.6) is 5.75 Å². The lowest BCUT2D eigenvalue weighted by Gasteiger charge is -2.26. The van der Waals surface area contributed by atoms with Crippen LogP contribution in [-0.4, -0.2) is 13.2 Å². The third-order valence-corrected chi connectivity index (χ3v) is 4.19. The third-order valence-electron chi connectivity index (χ3n) is 4.19. The molecule has 1 unspecified atom stereocenters. The van der Waals surface area contributed by atoms with Gasteiger partial charge in [-0.3, -0.25) is 0 Å². The second kappa shape index (κ2) is 6.95. The first-order valence-electron chi connectivity index (χ1n) is 8.16. The number of hydrogen-bond donors (Lipinski definition) is 0. The SMILES string of the molecule is CCCCOc1ccc2ccccc2c1C1CCCCO1. The van der Waals surface area contributed by atoms with E-state index in [1.165, 1.54) is 29.2 Å². The molecule has 0 bridgehead atoms. The lowest BCUT2D eigenvalue weighted by molar-refractivity contribution is 0.0142. The number of benzene rings is 2. The van der Waals surface area contributed by atoms with Crippen LogP contribution in [0.15, 0.2) is 36.4 Å². The number of unbranched alkanes of at least 4 members (excludes halogenated alkanes) is 1. The fourth-order valence-electron chi connectivity index (χ4n) is 3.03. The predicted octanol–water partition coefficient (Wildman–Crippen LogP) is 5.26. The van der Waals surface area contributed by atoms with Crippen LogP contribution in [0.3, 0.4) is 0 Å². The minimum absolute atomic E-state index is 0.182. The minimum Gasteiger partial charge on any atom is -0.493 e. The van der Waals surface area contributed by atoms with E-state index >= 15 is 0 Å². The first-order chi connectivity index (χ1) is 10.4. The molecule has 2 heteroatoms. The summed E-state index contributed by atoms with van der Waals surface area (Å²) in [5, 5.41) is 2.54. The van der Waals surface area contributed by atoms with Gasteiger partial charge in [0, 0.05) is 12.2 Å². The molecule has 0 amide bonds. The topological polar surface area (TPSA) is 18.5 Å². The van der Waals surface area contributed by atoms with Gasteiger partial charge in [0.05, 0.1) is 12.7 Å². The Kier molecular flexibility index (Phi) is 4.76. The van der Waals surface area contributed by atoms with E-state index in [-0.39, 0.29) is 6.10 Å². The van der Waals surface area contributed by atoms with Gasteiger partial charge in [0.25, 0.3) is 0 Å². The average Bonchev–Trinajstić information content (AvgIpc) is 2.55. The van der Waals surface area contributed by atoms with Crippen molar-refractivity contribution >= 4 is 10.8 Å². The highest BCUT2D eigenvalue weighted by Crippen LogP contribution is 2.39. The molecule has 1 aliphatic rings. The van der Waals surface area contributed by atoms with E-state index in [0.717, 1.165) is 38.2 Å². The van der Waals surface area contributed by atoms with E-state index in [1.807, 2.05) is 0 Å². The van der Waals surface area contributed by atoms with Crippen molar-refractivity contribution in [2.75, 3.05) is 13.2 Å². The van der Waals surface area contributed by atoms with Crippen molar-refractivity contribution in [2.45, 2.75) is 45.1 Å². The van der Waals surface area contributed by atoms with Crippen LogP contribution in [0.4, 0.5) is 0 Å². The first kappa shape index (κ1) is 14.4. The van der Waals surface area contributed by atoms with E-state index < -0.39 is 0 Å². The Morgan fingerprint density at radius 1 is 1.14 bits per heavy atom. The van der Waals surface area contributed by atoms with Gasteiger partial charge in [-0.2, -0.15) is 0 Å². The molecule has 0 aliphatic carbocycles. The fraction of sp³-hybridized carbons (Fsp3) is 0.474. The van der Waals surface area contributed by atoms with Crippen molar-refractivity contribution < 1.29 is 9.47 Å². The monoisotopic (exact) mass is 284 g/mol. The average molecular weight is 284 g/mol. The number of hydrogen-bond acceptors (Lipinski definition) is 2. The molecule has 1 atom stereocenters. The Bertz CT molecular complexity index is 585. The lowest BCUT2D eigenvalue weighted by atomic mass is 9.95. The van der Waals surface area contributed by atoms with Gasteiger partial charge in [0.15, 0.2) is 0 Å². The van der Waals surface area contributed by atoms with E-state index in [2.05, 4.69) is 43.3 Å². The molecular weight excluding hydrogens is 260 g/mol. The Hall–Kier alpha value is -1.54. The zero-order valence-electron chi connectivity index (χ0n) is 12.8. The maximum Gasteiger partial charge on any atom is 0.125 e. The van der Waals surface area contributed by atoms with Crippen LogP contribution in [0, 0.1) is 0 Å². The quantitative estimate of drug-likeness (QED) is 0.697. The molecule has 0 aromatic heterocycles. The van der Waals surface area contributed by atoms with Gasteiger partial charge >= 0.3 is 0 Å². The van der Waals surface area contributed by atoms with Crippen molar-refractivity contribution in [1.82, 2.24) is 0 Å². The smallest absolute Gasteiger partial charge is 0.125 e. The summed E-state index contributed by atoms with van der Waals surface area (Å²) in [5.74, 6) is 1.01. The normalized spacial score (nSPS) is 18.8. The summed E-state index contributed by atoms with van der Waals surface area (Å²) in [7, 11) is 0. The molecule has 1 fully saturated rings. The van der Waals surface area contributed by atoms with Gasteiger partial charge in [-0.15, -0.1) is 0 Å². The largest absolute Gasteiger partial charge is 0.493 e. The summed E-state index contributed by atoms with van der Waals surface area (Å²) < 4.78 is 12.1. The van der Waals surface area contributed by atoms with E-state index in [9.17, 15) is 0 Å². The summed E-state index contributed by atoms with van der Waals surface area (Å²) in [6.45, 7) is 3.84. The van der Waals surface area contributed by atoms with Crippen molar-refractivity contribution in [3.05, 3.63) is 42.0 Å². The highest BCUT2D eigenvalue weighted by atomic mass is 16.5. The van der Waals surface area contributed by atoms with Crippen LogP contribution in [-0.2, 0) is 4.74 Å². The van der Waals surface area contributed by atoms with E-state index in [1.54, 1.807) is 0 Å². The molecule has 0 saturated carbocycles. The zero-order chi connectivity index (χ0) is 14.5. The summed E-state index contributed by atoms with van der Waals surface area (Å²) >= 11 is 0. The van der Waals surface area contributed by atoms with Crippen LogP contribution < -0.4 is 4.74 Å². The molecule has 1 saturated heterocycles. The van der Waals surface area contributed by atoms with Gasteiger partial charge in [0.2, 0.25) is 0 Å².